The number of carbonyl (C=O) groups is 1. The monoisotopic (exact) mass is 294 g/mol. The van der Waals surface area contributed by atoms with Crippen molar-refractivity contribution in [1.82, 2.24) is 10.6 Å². The molecule has 2 rings (SSSR count). The third-order valence-corrected chi connectivity index (χ3v) is 5.43. The Kier molecular flexibility index (Phi) is 4.86. The van der Waals surface area contributed by atoms with Gasteiger partial charge in [-0.3, -0.25) is 4.79 Å². The molecule has 1 aliphatic rings. The first kappa shape index (κ1) is 15.5. The summed E-state index contributed by atoms with van der Waals surface area (Å²) in [5.41, 5.74) is 1.76. The van der Waals surface area contributed by atoms with E-state index < -0.39 is 0 Å². The van der Waals surface area contributed by atoms with Gasteiger partial charge in [0.15, 0.2) is 0 Å². The molecule has 1 atom stereocenters. The molecule has 1 amide bonds. The van der Waals surface area contributed by atoms with Crippen LogP contribution in [0.25, 0.3) is 0 Å². The quantitative estimate of drug-likeness (QED) is 0.838. The third-order valence-electron chi connectivity index (χ3n) is 4.19. The lowest BCUT2D eigenvalue weighted by Gasteiger charge is -2.33. The molecule has 20 heavy (non-hydrogen) atoms. The number of hydrogen-bond acceptors (Lipinski definition) is 3. The van der Waals surface area contributed by atoms with Gasteiger partial charge in [0, 0.05) is 18.0 Å². The van der Waals surface area contributed by atoms with Gasteiger partial charge >= 0.3 is 0 Å². The molecule has 0 aliphatic heterocycles. The zero-order valence-electron chi connectivity index (χ0n) is 13.0. The molecule has 0 radical (unpaired) electrons. The van der Waals surface area contributed by atoms with Gasteiger partial charge in [0.1, 0.15) is 0 Å². The van der Waals surface area contributed by atoms with Crippen LogP contribution in [0.3, 0.4) is 0 Å². The van der Waals surface area contributed by atoms with Crippen molar-refractivity contribution in [3.05, 3.63) is 21.4 Å². The Balaban J connectivity index is 2.03. The van der Waals surface area contributed by atoms with Crippen LogP contribution in [-0.4, -0.2) is 26.0 Å². The lowest BCUT2D eigenvalue weighted by atomic mass is 9.72. The van der Waals surface area contributed by atoms with E-state index in [-0.39, 0.29) is 5.91 Å². The van der Waals surface area contributed by atoms with Crippen LogP contribution in [0.1, 0.15) is 47.3 Å². The van der Waals surface area contributed by atoms with Crippen LogP contribution in [0.2, 0.25) is 0 Å². The summed E-state index contributed by atoms with van der Waals surface area (Å²) in [6.45, 7) is 8.45. The Labute approximate surface area is 126 Å². The summed E-state index contributed by atoms with van der Waals surface area (Å²) >= 11 is 1.68. The Morgan fingerprint density at radius 1 is 1.40 bits per heavy atom. The van der Waals surface area contributed by atoms with Crippen LogP contribution in [0.4, 0.5) is 0 Å². The van der Waals surface area contributed by atoms with Gasteiger partial charge in [-0.1, -0.05) is 20.8 Å². The molecule has 1 unspecified atom stereocenters. The molecule has 1 aromatic rings. The first-order chi connectivity index (χ1) is 9.41. The average Bonchev–Trinajstić information content (AvgIpc) is 2.80. The highest BCUT2D eigenvalue weighted by atomic mass is 32.1. The molecule has 1 aliphatic carbocycles. The van der Waals surface area contributed by atoms with Crippen molar-refractivity contribution in [1.29, 1.82) is 0 Å². The topological polar surface area (TPSA) is 41.1 Å². The van der Waals surface area contributed by atoms with Gasteiger partial charge in [0.05, 0.1) is 4.88 Å². The molecule has 0 saturated carbocycles. The van der Waals surface area contributed by atoms with Crippen molar-refractivity contribution >= 4 is 17.2 Å². The van der Waals surface area contributed by atoms with Crippen molar-refractivity contribution in [3.8, 4) is 0 Å². The van der Waals surface area contributed by atoms with E-state index in [0.29, 0.717) is 12.0 Å². The van der Waals surface area contributed by atoms with Crippen molar-refractivity contribution in [2.75, 3.05) is 20.1 Å². The molecule has 0 fully saturated rings. The van der Waals surface area contributed by atoms with Gasteiger partial charge < -0.3 is 10.6 Å². The van der Waals surface area contributed by atoms with Crippen molar-refractivity contribution in [3.63, 3.8) is 0 Å². The Morgan fingerprint density at radius 3 is 2.80 bits per heavy atom. The minimum Gasteiger partial charge on any atom is -0.350 e. The number of likely N-dealkylation sites (N-methyl/N-ethyl adjacent to an activating group) is 1. The molecule has 0 saturated heterocycles. The number of fused-ring (bicyclic) bond motifs is 1. The second-order valence-corrected chi connectivity index (χ2v) is 7.86. The number of aryl methyl sites for hydroxylation is 1. The summed E-state index contributed by atoms with van der Waals surface area (Å²) < 4.78 is 0. The summed E-state index contributed by atoms with van der Waals surface area (Å²) in [5, 5.41) is 5.99. The molecule has 3 nitrogen and oxygen atoms in total. The first-order valence-corrected chi connectivity index (χ1v) is 8.28. The lowest BCUT2D eigenvalue weighted by Crippen LogP contribution is -2.29. The summed E-state index contributed by atoms with van der Waals surface area (Å²) in [6, 6.07) is 2.12. The average molecular weight is 294 g/mol. The second kappa shape index (κ2) is 6.27. The van der Waals surface area contributed by atoms with Crippen molar-refractivity contribution in [2.24, 2.45) is 11.3 Å². The number of rotatable bonds is 4. The van der Waals surface area contributed by atoms with Crippen molar-refractivity contribution < 1.29 is 4.79 Å². The maximum atomic E-state index is 12.1. The van der Waals surface area contributed by atoms with Gasteiger partial charge in [-0.15, -0.1) is 11.3 Å². The number of hydrogen-bond donors (Lipinski definition) is 2. The molecule has 112 valence electrons. The van der Waals surface area contributed by atoms with Crippen LogP contribution in [0, 0.1) is 11.3 Å². The molecule has 0 aromatic carbocycles. The lowest BCUT2D eigenvalue weighted by molar-refractivity contribution is 0.0958. The van der Waals surface area contributed by atoms with Crippen LogP contribution < -0.4 is 10.6 Å². The first-order valence-electron chi connectivity index (χ1n) is 7.46. The maximum absolute atomic E-state index is 12.1. The highest BCUT2D eigenvalue weighted by Gasteiger charge is 2.30. The molecule has 0 spiro atoms. The predicted molar refractivity (Wildman–Crippen MR) is 85.5 cm³/mol. The van der Waals surface area contributed by atoms with E-state index in [1.54, 1.807) is 11.3 Å². The van der Waals surface area contributed by atoms with Crippen LogP contribution >= 0.6 is 11.3 Å². The molecular weight excluding hydrogens is 268 g/mol. The van der Waals surface area contributed by atoms with Crippen LogP contribution in [0.15, 0.2) is 6.07 Å². The van der Waals surface area contributed by atoms with Gasteiger partial charge in [-0.05, 0) is 49.3 Å². The fraction of sp³-hybridized carbons (Fsp3) is 0.688. The molecule has 2 N–H and O–H groups in total. The molecular formula is C16H26N2OS. The van der Waals surface area contributed by atoms with E-state index in [0.717, 1.165) is 30.2 Å². The van der Waals surface area contributed by atoms with E-state index in [4.69, 9.17) is 0 Å². The zero-order chi connectivity index (χ0) is 14.8. The molecule has 4 heteroatoms. The Hall–Kier alpha value is -0.870. The normalized spacial score (nSPS) is 18.7. The second-order valence-electron chi connectivity index (χ2n) is 6.72. The minimum absolute atomic E-state index is 0.0759. The Bertz CT molecular complexity index is 473. The minimum atomic E-state index is 0.0759. The summed E-state index contributed by atoms with van der Waals surface area (Å²) in [7, 11) is 1.89. The SMILES string of the molecule is CNCCNC(=O)c1cc2c(s1)CCC(C(C)(C)C)C2. The highest BCUT2D eigenvalue weighted by Crippen LogP contribution is 2.39. The van der Waals surface area contributed by atoms with E-state index in [9.17, 15) is 4.79 Å². The summed E-state index contributed by atoms with van der Waals surface area (Å²) in [6.07, 6.45) is 3.50. The maximum Gasteiger partial charge on any atom is 0.261 e. The van der Waals surface area contributed by atoms with E-state index in [1.807, 2.05) is 7.05 Å². The fourth-order valence-corrected chi connectivity index (χ4v) is 3.89. The summed E-state index contributed by atoms with van der Waals surface area (Å²) in [5.74, 6) is 0.803. The number of amides is 1. The standard InChI is InChI=1S/C16H26N2OS/c1-16(2,3)12-5-6-13-11(9-12)10-14(20-13)15(19)18-8-7-17-4/h10,12,17H,5-9H2,1-4H3,(H,18,19). The van der Waals surface area contributed by atoms with E-state index in [2.05, 4.69) is 37.5 Å². The van der Waals surface area contributed by atoms with Gasteiger partial charge in [0.25, 0.3) is 5.91 Å². The smallest absolute Gasteiger partial charge is 0.261 e. The summed E-state index contributed by atoms with van der Waals surface area (Å²) in [4.78, 5) is 14.4. The Morgan fingerprint density at radius 2 is 2.15 bits per heavy atom. The van der Waals surface area contributed by atoms with E-state index >= 15 is 0 Å². The largest absolute Gasteiger partial charge is 0.350 e. The number of nitrogens with one attached hydrogen (secondary N) is 2. The molecule has 1 heterocycles. The van der Waals surface area contributed by atoms with E-state index in [1.165, 1.54) is 16.9 Å². The number of carbonyl (C=O) groups excluding carboxylic acids is 1. The van der Waals surface area contributed by atoms with Crippen LogP contribution in [-0.2, 0) is 12.8 Å². The van der Waals surface area contributed by atoms with Crippen LogP contribution in [0.5, 0.6) is 0 Å². The zero-order valence-corrected chi connectivity index (χ0v) is 13.8. The predicted octanol–water partition coefficient (Wildman–Crippen LogP) is 2.85. The number of thiophene rings is 1. The fourth-order valence-electron chi connectivity index (χ4n) is 2.76. The molecule has 1 aromatic heterocycles. The third kappa shape index (κ3) is 3.61. The molecule has 0 bridgehead atoms. The van der Waals surface area contributed by atoms with Gasteiger partial charge in [-0.25, -0.2) is 0 Å². The van der Waals surface area contributed by atoms with Gasteiger partial charge in [-0.2, -0.15) is 0 Å². The van der Waals surface area contributed by atoms with Crippen molar-refractivity contribution in [2.45, 2.75) is 40.0 Å². The highest BCUT2D eigenvalue weighted by molar-refractivity contribution is 7.14. The van der Waals surface area contributed by atoms with Gasteiger partial charge in [0.2, 0.25) is 0 Å².